The predicted molar refractivity (Wildman–Crippen MR) is 49.6 cm³/mol. The third-order valence-corrected chi connectivity index (χ3v) is 3.22. The van der Waals surface area contributed by atoms with Crippen molar-refractivity contribution in [1.82, 2.24) is 5.09 Å². The first-order valence-electron chi connectivity index (χ1n) is 3.80. The minimum absolute atomic E-state index is 0.451. The van der Waals surface area contributed by atoms with Gasteiger partial charge in [0.25, 0.3) is 7.52 Å². The second kappa shape index (κ2) is 3.85. The van der Waals surface area contributed by atoms with E-state index in [1.807, 2.05) is 6.07 Å². The topological polar surface area (TPSA) is 49.3 Å². The summed E-state index contributed by atoms with van der Waals surface area (Å²) in [5, 5.41) is 3.00. The Labute approximate surface area is 71.9 Å². The predicted octanol–water partition coefficient (Wildman–Crippen LogP) is 1.11. The van der Waals surface area contributed by atoms with Crippen molar-refractivity contribution in [1.29, 1.82) is 0 Å². The molecule has 2 N–H and O–H groups in total. The summed E-state index contributed by atoms with van der Waals surface area (Å²) in [5.41, 5.74) is 0. The molecule has 1 unspecified atom stereocenters. The summed E-state index contributed by atoms with van der Waals surface area (Å²) in [7, 11) is -3.29. The first-order chi connectivity index (χ1) is 5.67. The summed E-state index contributed by atoms with van der Waals surface area (Å²) in [5.74, 6) is 0. The molecular formula is C8H12NO2P. The highest BCUT2D eigenvalue weighted by molar-refractivity contribution is 7.64. The largest absolute Gasteiger partial charge is 0.330 e. The van der Waals surface area contributed by atoms with Gasteiger partial charge in [0.1, 0.15) is 0 Å². The molecule has 4 heteroatoms. The van der Waals surface area contributed by atoms with Crippen molar-refractivity contribution in [3.63, 3.8) is 0 Å². The van der Waals surface area contributed by atoms with Crippen molar-refractivity contribution >= 4 is 12.8 Å². The van der Waals surface area contributed by atoms with E-state index >= 15 is 0 Å². The van der Waals surface area contributed by atoms with Gasteiger partial charge < -0.3 is 4.89 Å². The van der Waals surface area contributed by atoms with Crippen LogP contribution in [0.15, 0.2) is 30.3 Å². The molecule has 0 aromatic heterocycles. The van der Waals surface area contributed by atoms with Crippen molar-refractivity contribution in [2.45, 2.75) is 6.92 Å². The Morgan fingerprint density at radius 1 is 1.42 bits per heavy atom. The second-order valence-corrected chi connectivity index (χ2v) is 4.41. The highest BCUT2D eigenvalue weighted by atomic mass is 31.2. The molecule has 1 aromatic rings. The minimum atomic E-state index is -3.29. The highest BCUT2D eigenvalue weighted by Gasteiger charge is 2.18. The Morgan fingerprint density at radius 3 is 2.50 bits per heavy atom. The SMILES string of the molecule is CCNP(=O)(O)c1ccccc1. The average Bonchev–Trinajstić information content (AvgIpc) is 2.06. The van der Waals surface area contributed by atoms with E-state index in [1.54, 1.807) is 31.2 Å². The maximum Gasteiger partial charge on any atom is 0.297 e. The van der Waals surface area contributed by atoms with E-state index in [0.29, 0.717) is 11.8 Å². The lowest BCUT2D eigenvalue weighted by molar-refractivity contribution is 0.477. The van der Waals surface area contributed by atoms with Crippen molar-refractivity contribution in [3.05, 3.63) is 30.3 Å². The third kappa shape index (κ3) is 2.18. The van der Waals surface area contributed by atoms with E-state index in [4.69, 9.17) is 0 Å². The number of nitrogens with one attached hydrogen (secondary N) is 1. The van der Waals surface area contributed by atoms with Gasteiger partial charge >= 0.3 is 0 Å². The van der Waals surface area contributed by atoms with Crippen LogP contribution in [0.3, 0.4) is 0 Å². The maximum atomic E-state index is 11.5. The molecule has 1 atom stereocenters. The summed E-state index contributed by atoms with van der Waals surface area (Å²) in [4.78, 5) is 9.43. The number of rotatable bonds is 3. The number of benzene rings is 1. The van der Waals surface area contributed by atoms with Crippen molar-refractivity contribution in [2.75, 3.05) is 6.54 Å². The van der Waals surface area contributed by atoms with Gasteiger partial charge in [0.2, 0.25) is 0 Å². The van der Waals surface area contributed by atoms with Gasteiger partial charge in [0, 0.05) is 6.54 Å². The second-order valence-electron chi connectivity index (χ2n) is 2.42. The molecule has 0 heterocycles. The molecule has 0 bridgehead atoms. The van der Waals surface area contributed by atoms with Crippen LogP contribution in [0.2, 0.25) is 0 Å². The van der Waals surface area contributed by atoms with Crippen LogP contribution in [0, 0.1) is 0 Å². The summed E-state index contributed by atoms with van der Waals surface area (Å²) in [6.07, 6.45) is 0. The lowest BCUT2D eigenvalue weighted by atomic mass is 10.4. The summed E-state index contributed by atoms with van der Waals surface area (Å²) < 4.78 is 11.5. The number of hydrogen-bond donors (Lipinski definition) is 2. The zero-order valence-corrected chi connectivity index (χ0v) is 7.79. The highest BCUT2D eigenvalue weighted by Crippen LogP contribution is 2.32. The fraction of sp³-hybridized carbons (Fsp3) is 0.250. The van der Waals surface area contributed by atoms with Crippen LogP contribution >= 0.6 is 7.52 Å². The normalized spacial score (nSPS) is 15.5. The molecule has 3 nitrogen and oxygen atoms in total. The van der Waals surface area contributed by atoms with Gasteiger partial charge in [-0.05, 0) is 12.1 Å². The maximum absolute atomic E-state index is 11.5. The van der Waals surface area contributed by atoms with Crippen molar-refractivity contribution < 1.29 is 9.46 Å². The van der Waals surface area contributed by atoms with Gasteiger partial charge in [-0.15, -0.1) is 0 Å². The van der Waals surface area contributed by atoms with E-state index in [1.165, 1.54) is 0 Å². The van der Waals surface area contributed by atoms with Gasteiger partial charge in [-0.1, -0.05) is 25.1 Å². The van der Waals surface area contributed by atoms with Gasteiger partial charge in [0.05, 0.1) is 5.30 Å². The van der Waals surface area contributed by atoms with E-state index in [-0.39, 0.29) is 0 Å². The Balaban J connectivity index is 2.90. The van der Waals surface area contributed by atoms with Crippen molar-refractivity contribution in [2.24, 2.45) is 0 Å². The third-order valence-electron chi connectivity index (χ3n) is 1.48. The van der Waals surface area contributed by atoms with Gasteiger partial charge in [-0.3, -0.25) is 4.57 Å². The number of hydrogen-bond acceptors (Lipinski definition) is 1. The van der Waals surface area contributed by atoms with Crippen LogP contribution in [0.5, 0.6) is 0 Å². The van der Waals surface area contributed by atoms with Crippen molar-refractivity contribution in [3.8, 4) is 0 Å². The Kier molecular flexibility index (Phi) is 3.04. The van der Waals surface area contributed by atoms with Crippen LogP contribution in [0.4, 0.5) is 0 Å². The molecule has 1 aromatic carbocycles. The summed E-state index contributed by atoms with van der Waals surface area (Å²) in [6, 6.07) is 8.59. The van der Waals surface area contributed by atoms with Crippen LogP contribution in [0.1, 0.15) is 6.92 Å². The first kappa shape index (κ1) is 9.46. The van der Waals surface area contributed by atoms with Gasteiger partial charge in [-0.25, -0.2) is 5.09 Å². The fourth-order valence-electron chi connectivity index (χ4n) is 0.936. The molecular weight excluding hydrogens is 173 g/mol. The van der Waals surface area contributed by atoms with E-state index < -0.39 is 7.52 Å². The molecule has 0 aliphatic heterocycles. The lowest BCUT2D eigenvalue weighted by Gasteiger charge is -2.10. The Hall–Kier alpha value is -0.630. The molecule has 0 saturated heterocycles. The molecule has 1 rings (SSSR count). The smallest absolute Gasteiger partial charge is 0.297 e. The Bertz CT molecular complexity index is 286. The minimum Gasteiger partial charge on any atom is -0.330 e. The van der Waals surface area contributed by atoms with Gasteiger partial charge in [0.15, 0.2) is 0 Å². The van der Waals surface area contributed by atoms with Crippen LogP contribution < -0.4 is 10.4 Å². The zero-order valence-electron chi connectivity index (χ0n) is 6.90. The monoisotopic (exact) mass is 185 g/mol. The lowest BCUT2D eigenvalue weighted by Crippen LogP contribution is -2.18. The first-order valence-corrected chi connectivity index (χ1v) is 5.46. The summed E-state index contributed by atoms with van der Waals surface area (Å²) >= 11 is 0. The molecule has 0 radical (unpaired) electrons. The molecule has 0 fully saturated rings. The van der Waals surface area contributed by atoms with Crippen LogP contribution in [-0.2, 0) is 4.57 Å². The van der Waals surface area contributed by atoms with Crippen LogP contribution in [-0.4, -0.2) is 11.4 Å². The van der Waals surface area contributed by atoms with E-state index in [9.17, 15) is 9.46 Å². The van der Waals surface area contributed by atoms with Crippen LogP contribution in [0.25, 0.3) is 0 Å². The zero-order chi connectivity index (χ0) is 9.03. The summed E-state index contributed by atoms with van der Waals surface area (Å²) in [6.45, 7) is 2.29. The molecule has 0 aliphatic carbocycles. The molecule has 0 saturated carbocycles. The molecule has 0 aliphatic rings. The molecule has 0 amide bonds. The average molecular weight is 185 g/mol. The molecule has 12 heavy (non-hydrogen) atoms. The molecule has 66 valence electrons. The Morgan fingerprint density at radius 2 is 2.00 bits per heavy atom. The van der Waals surface area contributed by atoms with E-state index in [0.717, 1.165) is 0 Å². The quantitative estimate of drug-likeness (QED) is 0.693. The van der Waals surface area contributed by atoms with Gasteiger partial charge in [-0.2, -0.15) is 0 Å². The fourth-order valence-corrected chi connectivity index (χ4v) is 2.12. The standard InChI is InChI=1S/C8H12NO2P/c1-2-9-12(10,11)8-6-4-3-5-7-8/h3-7H,2H2,1H3,(H2,9,10,11). The molecule has 0 spiro atoms. The van der Waals surface area contributed by atoms with E-state index in [2.05, 4.69) is 5.09 Å².